The molecular formula is C25H32FN5O9. The molecule has 14 nitrogen and oxygen atoms in total. The molecule has 4 N–H and O–H groups in total. The second kappa shape index (κ2) is 12.5. The van der Waals surface area contributed by atoms with E-state index >= 15 is 0 Å². The zero-order valence-electron chi connectivity index (χ0n) is 22.9. The second-order valence-electron chi connectivity index (χ2n) is 10.5. The maximum atomic E-state index is 14.6. The van der Waals surface area contributed by atoms with E-state index in [2.05, 4.69) is 10.3 Å². The number of rotatable bonds is 9. The van der Waals surface area contributed by atoms with Gasteiger partial charge in [0.15, 0.2) is 11.6 Å². The first-order chi connectivity index (χ1) is 18.4. The van der Waals surface area contributed by atoms with Crippen molar-refractivity contribution < 1.29 is 43.0 Å². The van der Waals surface area contributed by atoms with Crippen LogP contribution in [0.1, 0.15) is 47.1 Å². The van der Waals surface area contributed by atoms with Crippen molar-refractivity contribution in [3.05, 3.63) is 52.0 Å². The van der Waals surface area contributed by atoms with Gasteiger partial charge < -0.3 is 30.0 Å². The van der Waals surface area contributed by atoms with E-state index < -0.39 is 70.7 Å². The highest BCUT2D eigenvalue weighted by atomic mass is 19.1. The molecule has 0 saturated heterocycles. The van der Waals surface area contributed by atoms with E-state index in [1.165, 1.54) is 12.3 Å². The molecule has 1 aromatic heterocycles. The molecule has 1 aromatic carbocycles. The monoisotopic (exact) mass is 565 g/mol. The number of carboxylic acid groups (broad SMARTS) is 1. The summed E-state index contributed by atoms with van der Waals surface area (Å²) in [5, 5.41) is 23.2. The molecule has 0 aliphatic heterocycles. The number of amides is 2. The Morgan fingerprint density at radius 1 is 1.12 bits per heavy atom. The predicted molar refractivity (Wildman–Crippen MR) is 139 cm³/mol. The minimum Gasteiger partial charge on any atom is -0.465 e. The van der Waals surface area contributed by atoms with E-state index in [0.29, 0.717) is 6.07 Å². The van der Waals surface area contributed by atoms with Gasteiger partial charge in [-0.05, 0) is 53.7 Å². The number of nitro benzene ring substituents is 1. The minimum atomic E-state index is -1.49. The third-order valence-electron chi connectivity index (χ3n) is 4.72. The number of nitrogens with two attached hydrogens (primary N) is 1. The van der Waals surface area contributed by atoms with Crippen LogP contribution in [0.25, 0.3) is 0 Å². The van der Waals surface area contributed by atoms with Gasteiger partial charge in [-0.25, -0.2) is 19.0 Å². The first kappa shape index (κ1) is 31.7. The van der Waals surface area contributed by atoms with Crippen LogP contribution >= 0.6 is 0 Å². The molecule has 0 radical (unpaired) electrons. The van der Waals surface area contributed by atoms with Gasteiger partial charge in [-0.2, -0.15) is 0 Å². The normalized spacial score (nSPS) is 12.2. The summed E-state index contributed by atoms with van der Waals surface area (Å²) in [5.74, 6) is -2.67. The zero-order chi connectivity index (χ0) is 30.4. The van der Waals surface area contributed by atoms with Crippen molar-refractivity contribution in [2.24, 2.45) is 5.73 Å². The van der Waals surface area contributed by atoms with Gasteiger partial charge in [0.2, 0.25) is 0 Å². The van der Waals surface area contributed by atoms with Crippen molar-refractivity contribution in [3.63, 3.8) is 0 Å². The fraction of sp³-hybridized carbons (Fsp3) is 0.440. The highest BCUT2D eigenvalue weighted by Gasteiger charge is 2.28. The Morgan fingerprint density at radius 2 is 1.75 bits per heavy atom. The molecule has 1 unspecified atom stereocenters. The van der Waals surface area contributed by atoms with Gasteiger partial charge in [0.05, 0.1) is 29.6 Å². The Balaban J connectivity index is 2.49. The molecule has 0 spiro atoms. The van der Waals surface area contributed by atoms with Crippen molar-refractivity contribution in [1.82, 2.24) is 9.88 Å². The fourth-order valence-corrected chi connectivity index (χ4v) is 3.13. The van der Waals surface area contributed by atoms with Crippen LogP contribution in [0.4, 0.5) is 25.5 Å². The van der Waals surface area contributed by atoms with Crippen molar-refractivity contribution in [3.8, 4) is 11.5 Å². The number of aromatic nitrogens is 1. The van der Waals surface area contributed by atoms with Crippen molar-refractivity contribution in [2.45, 2.75) is 65.3 Å². The number of carbonyl (C=O) groups is 3. The summed E-state index contributed by atoms with van der Waals surface area (Å²) in [7, 11) is 0. The van der Waals surface area contributed by atoms with Crippen molar-refractivity contribution >= 4 is 29.7 Å². The first-order valence-electron chi connectivity index (χ1n) is 11.9. The third kappa shape index (κ3) is 9.65. The number of esters is 1. The number of hydrogen-bond donors (Lipinski definition) is 3. The Morgan fingerprint density at radius 3 is 2.27 bits per heavy atom. The zero-order valence-corrected chi connectivity index (χ0v) is 22.9. The number of nitrogens with zero attached hydrogens (tertiary/aromatic N) is 3. The van der Waals surface area contributed by atoms with Crippen LogP contribution in [0.15, 0.2) is 30.5 Å². The van der Waals surface area contributed by atoms with E-state index in [9.17, 15) is 34.0 Å². The molecule has 1 heterocycles. The minimum absolute atomic E-state index is 0.0510. The topological polar surface area (TPSA) is 196 Å². The lowest BCUT2D eigenvalue weighted by atomic mass is 10.1. The molecule has 15 heteroatoms. The van der Waals surface area contributed by atoms with Gasteiger partial charge in [0.1, 0.15) is 28.8 Å². The number of carbonyl (C=O) groups excluding carboxylic acids is 2. The van der Waals surface area contributed by atoms with Crippen molar-refractivity contribution in [1.29, 1.82) is 0 Å². The molecule has 0 aliphatic carbocycles. The summed E-state index contributed by atoms with van der Waals surface area (Å²) in [6.45, 7) is 8.70. The molecule has 0 aliphatic rings. The summed E-state index contributed by atoms with van der Waals surface area (Å²) in [6, 6.07) is 2.59. The second-order valence-corrected chi connectivity index (χ2v) is 10.5. The average molecular weight is 566 g/mol. The van der Waals surface area contributed by atoms with Crippen molar-refractivity contribution in [2.75, 3.05) is 11.9 Å². The summed E-state index contributed by atoms with van der Waals surface area (Å²) >= 11 is 0. The Bertz CT molecular complexity index is 1270. The standard InChI is InChI=1S/C25H32FN5O9/c1-24(2,3)39-21(32)17(27)13-30(23(34)35)12-15-18(38-19-8-7-14(31(36)37)11-16(19)26)9-10-28-20(15)29-22(33)40-25(4,5)6/h7-11,17H,12-13,27H2,1-6H3,(H,34,35)(H,28,29,33). The predicted octanol–water partition coefficient (Wildman–Crippen LogP) is 4.42. The van der Waals surface area contributed by atoms with E-state index in [1.807, 2.05) is 0 Å². The van der Waals surface area contributed by atoms with Crippen LogP contribution in [0.2, 0.25) is 0 Å². The molecule has 2 aromatic rings. The largest absolute Gasteiger partial charge is 0.465 e. The van der Waals surface area contributed by atoms with E-state index in [0.717, 1.165) is 17.0 Å². The Labute approximate surface area is 229 Å². The van der Waals surface area contributed by atoms with Gasteiger partial charge in [-0.15, -0.1) is 0 Å². The van der Waals surface area contributed by atoms with Gasteiger partial charge in [0, 0.05) is 12.3 Å². The molecule has 2 rings (SSSR count). The Hall–Kier alpha value is -4.53. The van der Waals surface area contributed by atoms with Crippen LogP contribution in [0.3, 0.4) is 0 Å². The molecule has 0 saturated carbocycles. The molecular weight excluding hydrogens is 533 g/mol. The molecule has 40 heavy (non-hydrogen) atoms. The molecule has 0 fully saturated rings. The summed E-state index contributed by atoms with van der Waals surface area (Å²) in [6.07, 6.45) is -1.21. The van der Waals surface area contributed by atoms with Gasteiger partial charge in [-0.1, -0.05) is 0 Å². The maximum Gasteiger partial charge on any atom is 0.413 e. The Kier molecular flexibility index (Phi) is 9.94. The van der Waals surface area contributed by atoms with E-state index in [-0.39, 0.29) is 17.1 Å². The maximum absolute atomic E-state index is 14.6. The number of nitrogens with one attached hydrogen (secondary N) is 1. The van der Waals surface area contributed by atoms with Gasteiger partial charge in [-0.3, -0.25) is 20.2 Å². The highest BCUT2D eigenvalue weighted by Crippen LogP contribution is 2.33. The number of non-ortho nitro benzene ring substituents is 1. The quantitative estimate of drug-likeness (QED) is 0.221. The lowest BCUT2D eigenvalue weighted by molar-refractivity contribution is -0.385. The number of hydrogen-bond acceptors (Lipinski definition) is 10. The third-order valence-corrected chi connectivity index (χ3v) is 4.72. The number of anilines is 1. The summed E-state index contributed by atoms with van der Waals surface area (Å²) in [4.78, 5) is 52.0. The summed E-state index contributed by atoms with van der Waals surface area (Å²) in [5.41, 5.74) is 3.59. The van der Waals surface area contributed by atoms with Crippen LogP contribution < -0.4 is 15.8 Å². The number of nitro groups is 1. The number of halogens is 1. The lowest BCUT2D eigenvalue weighted by Gasteiger charge is -2.27. The molecule has 218 valence electrons. The molecule has 2 amide bonds. The average Bonchev–Trinajstić information content (AvgIpc) is 2.78. The highest BCUT2D eigenvalue weighted by molar-refractivity contribution is 5.85. The number of pyridine rings is 1. The SMILES string of the molecule is CC(C)(C)OC(=O)Nc1nccc(Oc2ccc([N+](=O)[O-])cc2F)c1CN(CC(N)C(=O)OC(C)(C)C)C(=O)O. The van der Waals surface area contributed by atoms with Crippen LogP contribution in [0.5, 0.6) is 11.5 Å². The van der Waals surface area contributed by atoms with E-state index in [1.54, 1.807) is 41.5 Å². The van der Waals surface area contributed by atoms with Crippen LogP contribution in [-0.4, -0.2) is 61.9 Å². The fourth-order valence-electron chi connectivity index (χ4n) is 3.13. The number of benzene rings is 1. The van der Waals surface area contributed by atoms with Crippen LogP contribution in [-0.2, 0) is 20.8 Å². The molecule has 1 atom stereocenters. The first-order valence-corrected chi connectivity index (χ1v) is 11.9. The van der Waals surface area contributed by atoms with Gasteiger partial charge >= 0.3 is 18.2 Å². The smallest absolute Gasteiger partial charge is 0.413 e. The van der Waals surface area contributed by atoms with E-state index in [4.69, 9.17) is 19.9 Å². The molecule has 0 bridgehead atoms. The van der Waals surface area contributed by atoms with Crippen LogP contribution in [0, 0.1) is 15.9 Å². The van der Waals surface area contributed by atoms with Gasteiger partial charge in [0.25, 0.3) is 5.69 Å². The summed E-state index contributed by atoms with van der Waals surface area (Å²) < 4.78 is 30.7. The number of ether oxygens (including phenoxy) is 3. The lowest BCUT2D eigenvalue weighted by Crippen LogP contribution is -2.47.